The predicted molar refractivity (Wildman–Crippen MR) is 71.0 cm³/mol. The number of likely N-dealkylation sites (N-methyl/N-ethyl adjacent to an activating group) is 1. The second-order valence-electron chi connectivity index (χ2n) is 5.12. The molecule has 1 unspecified atom stereocenters. The molecular weight excluding hydrogens is 214 g/mol. The van der Waals surface area contributed by atoms with Crippen LogP contribution in [0.15, 0.2) is 18.3 Å². The van der Waals surface area contributed by atoms with E-state index in [4.69, 9.17) is 5.73 Å². The van der Waals surface area contributed by atoms with Crippen LogP contribution in [0, 0.1) is 0 Å². The van der Waals surface area contributed by atoms with E-state index in [9.17, 15) is 5.11 Å². The molecule has 0 fully saturated rings. The minimum Gasteiger partial charge on any atom is -0.389 e. The van der Waals surface area contributed by atoms with Crippen LogP contribution in [0.4, 0.5) is 5.69 Å². The Hall–Kier alpha value is -1.13. The van der Waals surface area contributed by atoms with Crippen molar-refractivity contribution in [1.29, 1.82) is 0 Å². The molecule has 0 aliphatic carbocycles. The maximum atomic E-state index is 9.75. The van der Waals surface area contributed by atoms with E-state index in [-0.39, 0.29) is 6.04 Å². The second-order valence-corrected chi connectivity index (χ2v) is 5.12. The monoisotopic (exact) mass is 237 g/mol. The third-order valence-corrected chi connectivity index (χ3v) is 2.66. The van der Waals surface area contributed by atoms with Crippen LogP contribution in [0.1, 0.15) is 38.9 Å². The lowest BCUT2D eigenvalue weighted by Gasteiger charge is -2.27. The van der Waals surface area contributed by atoms with Crippen LogP contribution in [-0.2, 0) is 0 Å². The molecule has 1 rings (SSSR count). The van der Waals surface area contributed by atoms with E-state index in [0.29, 0.717) is 6.54 Å². The lowest BCUT2D eigenvalue weighted by atomic mass is 10.1. The first-order valence-electron chi connectivity index (χ1n) is 5.98. The number of hydrogen-bond donors (Lipinski definition) is 2. The Kier molecular flexibility index (Phi) is 4.48. The molecule has 4 heteroatoms. The van der Waals surface area contributed by atoms with Crippen LogP contribution in [0.3, 0.4) is 0 Å². The molecule has 0 saturated heterocycles. The highest BCUT2D eigenvalue weighted by Crippen LogP contribution is 2.17. The van der Waals surface area contributed by atoms with Crippen LogP contribution in [0.2, 0.25) is 0 Å². The lowest BCUT2D eigenvalue weighted by Crippen LogP contribution is -2.36. The van der Waals surface area contributed by atoms with Gasteiger partial charge in [-0.05, 0) is 32.4 Å². The number of aromatic nitrogens is 1. The lowest BCUT2D eigenvalue weighted by molar-refractivity contribution is 0.0886. The number of nitrogens with zero attached hydrogens (tertiary/aromatic N) is 2. The summed E-state index contributed by atoms with van der Waals surface area (Å²) in [5.41, 5.74) is 7.09. The van der Waals surface area contributed by atoms with Gasteiger partial charge in [0.2, 0.25) is 0 Å². The van der Waals surface area contributed by atoms with Crippen LogP contribution in [-0.4, -0.2) is 29.3 Å². The number of pyridine rings is 1. The molecule has 1 aromatic rings. The van der Waals surface area contributed by atoms with E-state index in [1.54, 1.807) is 20.0 Å². The van der Waals surface area contributed by atoms with Crippen LogP contribution in [0.5, 0.6) is 0 Å². The highest BCUT2D eigenvalue weighted by atomic mass is 16.3. The molecule has 0 aliphatic rings. The van der Waals surface area contributed by atoms with Gasteiger partial charge in [0.1, 0.15) is 0 Å². The molecule has 3 N–H and O–H groups in total. The topological polar surface area (TPSA) is 62.4 Å². The third kappa shape index (κ3) is 4.32. The largest absolute Gasteiger partial charge is 0.389 e. The van der Waals surface area contributed by atoms with Crippen LogP contribution >= 0.6 is 0 Å². The molecule has 0 aliphatic heterocycles. The maximum Gasteiger partial charge on any atom is 0.0765 e. The van der Waals surface area contributed by atoms with Gasteiger partial charge in [0.25, 0.3) is 0 Å². The molecule has 96 valence electrons. The minimum atomic E-state index is -0.715. The first-order chi connectivity index (χ1) is 7.83. The summed E-state index contributed by atoms with van der Waals surface area (Å²) >= 11 is 0. The molecule has 0 bridgehead atoms. The number of hydrogen-bond acceptors (Lipinski definition) is 4. The summed E-state index contributed by atoms with van der Waals surface area (Å²) < 4.78 is 0. The highest BCUT2D eigenvalue weighted by Gasteiger charge is 2.16. The number of rotatable bonds is 5. The van der Waals surface area contributed by atoms with E-state index in [1.807, 2.05) is 31.0 Å². The summed E-state index contributed by atoms with van der Waals surface area (Å²) in [5.74, 6) is 0. The van der Waals surface area contributed by atoms with Crippen molar-refractivity contribution in [1.82, 2.24) is 4.98 Å². The zero-order chi connectivity index (χ0) is 13.1. The Bertz CT molecular complexity index is 343. The van der Waals surface area contributed by atoms with Gasteiger partial charge in [-0.1, -0.05) is 6.92 Å². The smallest absolute Gasteiger partial charge is 0.0765 e. The average molecular weight is 237 g/mol. The van der Waals surface area contributed by atoms with Crippen molar-refractivity contribution in [2.45, 2.75) is 38.8 Å². The van der Waals surface area contributed by atoms with Crippen molar-refractivity contribution < 1.29 is 5.11 Å². The van der Waals surface area contributed by atoms with Crippen molar-refractivity contribution in [2.75, 3.05) is 18.5 Å². The van der Waals surface area contributed by atoms with E-state index >= 15 is 0 Å². The van der Waals surface area contributed by atoms with Crippen LogP contribution in [0.25, 0.3) is 0 Å². The van der Waals surface area contributed by atoms with E-state index in [0.717, 1.165) is 17.8 Å². The van der Waals surface area contributed by atoms with Crippen molar-refractivity contribution >= 4 is 5.69 Å². The van der Waals surface area contributed by atoms with Gasteiger partial charge < -0.3 is 15.7 Å². The molecule has 17 heavy (non-hydrogen) atoms. The Balaban J connectivity index is 2.74. The van der Waals surface area contributed by atoms with Crippen molar-refractivity contribution in [3.8, 4) is 0 Å². The SMILES string of the molecule is CCC(N)c1ccc(N(C)CC(C)(C)O)cn1. The Morgan fingerprint density at radius 2 is 2.12 bits per heavy atom. The Morgan fingerprint density at radius 3 is 2.53 bits per heavy atom. The number of anilines is 1. The molecule has 0 spiro atoms. The summed E-state index contributed by atoms with van der Waals surface area (Å²) in [6.45, 7) is 6.19. The first kappa shape index (κ1) is 13.9. The Morgan fingerprint density at radius 1 is 1.47 bits per heavy atom. The molecule has 1 aromatic heterocycles. The fourth-order valence-electron chi connectivity index (χ4n) is 1.72. The van der Waals surface area contributed by atoms with Crippen molar-refractivity contribution in [3.63, 3.8) is 0 Å². The quantitative estimate of drug-likeness (QED) is 0.818. The van der Waals surface area contributed by atoms with Gasteiger partial charge in [0, 0.05) is 19.6 Å². The van der Waals surface area contributed by atoms with E-state index in [1.165, 1.54) is 0 Å². The van der Waals surface area contributed by atoms with Gasteiger partial charge in [0.05, 0.1) is 23.2 Å². The molecule has 4 nitrogen and oxygen atoms in total. The van der Waals surface area contributed by atoms with Gasteiger partial charge in [-0.2, -0.15) is 0 Å². The normalized spacial score (nSPS) is 13.5. The van der Waals surface area contributed by atoms with Gasteiger partial charge in [-0.3, -0.25) is 4.98 Å². The highest BCUT2D eigenvalue weighted by molar-refractivity contribution is 5.44. The summed E-state index contributed by atoms with van der Waals surface area (Å²) in [4.78, 5) is 6.33. The summed E-state index contributed by atoms with van der Waals surface area (Å²) in [7, 11) is 1.94. The molecule has 1 heterocycles. The minimum absolute atomic E-state index is 0.00337. The van der Waals surface area contributed by atoms with Crippen molar-refractivity contribution in [2.24, 2.45) is 5.73 Å². The molecule has 0 radical (unpaired) electrons. The fraction of sp³-hybridized carbons (Fsp3) is 0.615. The average Bonchev–Trinajstić information content (AvgIpc) is 2.26. The predicted octanol–water partition coefficient (Wildman–Crippen LogP) is 1.70. The van der Waals surface area contributed by atoms with E-state index < -0.39 is 5.60 Å². The Labute approximate surface area is 103 Å². The zero-order valence-electron chi connectivity index (χ0n) is 11.1. The number of aliphatic hydroxyl groups is 1. The third-order valence-electron chi connectivity index (χ3n) is 2.66. The molecule has 0 amide bonds. The molecule has 0 aromatic carbocycles. The van der Waals surface area contributed by atoms with Crippen molar-refractivity contribution in [3.05, 3.63) is 24.0 Å². The molecule has 0 saturated carbocycles. The molecule has 1 atom stereocenters. The first-order valence-corrected chi connectivity index (χ1v) is 5.98. The van der Waals surface area contributed by atoms with Gasteiger partial charge in [-0.15, -0.1) is 0 Å². The molecular formula is C13H23N3O. The van der Waals surface area contributed by atoms with E-state index in [2.05, 4.69) is 4.98 Å². The van der Waals surface area contributed by atoms with Gasteiger partial charge >= 0.3 is 0 Å². The van der Waals surface area contributed by atoms with Gasteiger partial charge in [0.15, 0.2) is 0 Å². The summed E-state index contributed by atoms with van der Waals surface area (Å²) in [5, 5.41) is 9.75. The zero-order valence-corrected chi connectivity index (χ0v) is 11.1. The number of nitrogens with two attached hydrogens (primary N) is 1. The second kappa shape index (κ2) is 5.47. The standard InChI is InChI=1S/C13H23N3O/c1-5-11(14)12-7-6-10(8-15-12)16(4)9-13(2,3)17/h6-8,11,17H,5,9,14H2,1-4H3. The summed E-state index contributed by atoms with van der Waals surface area (Å²) in [6, 6.07) is 3.94. The fourth-order valence-corrected chi connectivity index (χ4v) is 1.72. The van der Waals surface area contributed by atoms with Crippen LogP contribution < -0.4 is 10.6 Å². The maximum absolute atomic E-state index is 9.75. The summed E-state index contributed by atoms with van der Waals surface area (Å²) in [6.07, 6.45) is 2.68. The van der Waals surface area contributed by atoms with Gasteiger partial charge in [-0.25, -0.2) is 0 Å².